The predicted octanol–water partition coefficient (Wildman–Crippen LogP) is 6.28. The van der Waals surface area contributed by atoms with Gasteiger partial charge in [0.1, 0.15) is 12.4 Å². The van der Waals surface area contributed by atoms with Crippen molar-refractivity contribution in [1.29, 1.82) is 0 Å². The zero-order chi connectivity index (χ0) is 23.5. The number of carbonyl (C=O) groups is 1. The normalized spacial score (nSPS) is 14.3. The predicted molar refractivity (Wildman–Crippen MR) is 141 cm³/mol. The zero-order valence-corrected chi connectivity index (χ0v) is 22.0. The number of cyclic esters (lactones) is 1. The lowest BCUT2D eigenvalue weighted by Gasteiger charge is -2.14. The monoisotopic (exact) mass is 669 g/mol. The van der Waals surface area contributed by atoms with E-state index in [1.807, 2.05) is 31.2 Å². The molecule has 0 atom stereocenters. The highest BCUT2D eigenvalue weighted by molar-refractivity contribution is 14.1. The van der Waals surface area contributed by atoms with E-state index in [2.05, 4.69) is 50.2 Å². The molecule has 8 heteroatoms. The van der Waals surface area contributed by atoms with Crippen LogP contribution in [0.15, 0.2) is 65.3 Å². The number of aliphatic imine (C=N–C) groups is 1. The molecule has 0 radical (unpaired) electrons. The topological polar surface area (TPSA) is 57.1 Å². The van der Waals surface area contributed by atoms with E-state index in [9.17, 15) is 9.18 Å². The van der Waals surface area contributed by atoms with Crippen molar-refractivity contribution in [3.8, 4) is 11.5 Å². The Kier molecular flexibility index (Phi) is 7.32. The van der Waals surface area contributed by atoms with E-state index in [1.165, 1.54) is 12.1 Å². The van der Waals surface area contributed by atoms with Gasteiger partial charge in [0, 0.05) is 9.13 Å². The quantitative estimate of drug-likeness (QED) is 0.176. The number of halogens is 3. The summed E-state index contributed by atoms with van der Waals surface area (Å²) in [6.45, 7) is 2.26. The molecule has 33 heavy (non-hydrogen) atoms. The molecule has 1 aliphatic heterocycles. The summed E-state index contributed by atoms with van der Waals surface area (Å²) in [6, 6.07) is 15.5. The third-order valence-electron chi connectivity index (χ3n) is 4.88. The Balaban J connectivity index is 1.59. The molecule has 1 heterocycles. The summed E-state index contributed by atoms with van der Waals surface area (Å²) >= 11 is 4.40. The number of hydrogen-bond donors (Lipinski definition) is 0. The second-order valence-corrected chi connectivity index (χ2v) is 9.57. The second kappa shape index (κ2) is 10.2. The first kappa shape index (κ1) is 23.7. The highest BCUT2D eigenvalue weighted by Gasteiger charge is 2.25. The molecule has 4 rings (SSSR count). The SMILES string of the molecule is COc1cc(/C=C2\N=C(c3ccc(I)c(C)c3)OC2=O)cc(I)c1OCc1ccc(F)cc1. The maximum atomic E-state index is 13.1. The van der Waals surface area contributed by atoms with Crippen LogP contribution in [-0.4, -0.2) is 19.0 Å². The fraction of sp³-hybridized carbons (Fsp3) is 0.120. The molecule has 0 N–H and O–H groups in total. The Morgan fingerprint density at radius 3 is 2.52 bits per heavy atom. The Morgan fingerprint density at radius 2 is 1.82 bits per heavy atom. The Labute approximate surface area is 217 Å². The van der Waals surface area contributed by atoms with E-state index in [1.54, 1.807) is 31.4 Å². The number of benzene rings is 3. The van der Waals surface area contributed by atoms with E-state index in [4.69, 9.17) is 14.2 Å². The van der Waals surface area contributed by atoms with Crippen LogP contribution in [0.2, 0.25) is 0 Å². The summed E-state index contributed by atoms with van der Waals surface area (Å²) in [7, 11) is 1.55. The molecule has 1 aliphatic rings. The number of hydrogen-bond acceptors (Lipinski definition) is 5. The first-order chi connectivity index (χ1) is 15.8. The number of rotatable bonds is 6. The smallest absolute Gasteiger partial charge is 0.363 e. The summed E-state index contributed by atoms with van der Waals surface area (Å²) < 4.78 is 31.9. The van der Waals surface area contributed by atoms with Gasteiger partial charge in [0.25, 0.3) is 0 Å². The van der Waals surface area contributed by atoms with Gasteiger partial charge in [0.05, 0.1) is 10.7 Å². The van der Waals surface area contributed by atoms with Gasteiger partial charge >= 0.3 is 5.97 Å². The van der Waals surface area contributed by atoms with Gasteiger partial charge in [-0.05, 0) is 117 Å². The minimum atomic E-state index is -0.508. The van der Waals surface area contributed by atoms with Crippen LogP contribution in [0.1, 0.15) is 22.3 Å². The van der Waals surface area contributed by atoms with Gasteiger partial charge in [0.15, 0.2) is 17.2 Å². The van der Waals surface area contributed by atoms with Crippen molar-refractivity contribution in [1.82, 2.24) is 0 Å². The average molecular weight is 669 g/mol. The van der Waals surface area contributed by atoms with Crippen molar-refractivity contribution in [3.63, 3.8) is 0 Å². The third kappa shape index (κ3) is 5.55. The van der Waals surface area contributed by atoms with Crippen molar-refractivity contribution in [2.24, 2.45) is 4.99 Å². The van der Waals surface area contributed by atoms with Crippen molar-refractivity contribution in [3.05, 3.63) is 95.5 Å². The van der Waals surface area contributed by atoms with E-state index < -0.39 is 5.97 Å². The first-order valence-electron chi connectivity index (χ1n) is 9.88. The molecule has 0 aliphatic carbocycles. The second-order valence-electron chi connectivity index (χ2n) is 7.25. The minimum absolute atomic E-state index is 0.207. The number of nitrogens with zero attached hydrogens (tertiary/aromatic N) is 1. The van der Waals surface area contributed by atoms with Gasteiger partial charge in [-0.1, -0.05) is 12.1 Å². The molecule has 168 valence electrons. The molecular formula is C25H18FI2NO4. The van der Waals surface area contributed by atoms with E-state index in [-0.39, 0.29) is 24.0 Å². The van der Waals surface area contributed by atoms with E-state index in [0.717, 1.165) is 29.4 Å². The molecule has 5 nitrogen and oxygen atoms in total. The molecular weight excluding hydrogens is 651 g/mol. The Morgan fingerprint density at radius 1 is 1.06 bits per heavy atom. The van der Waals surface area contributed by atoms with Crippen LogP contribution < -0.4 is 9.47 Å². The molecule has 0 spiro atoms. The van der Waals surface area contributed by atoms with Crippen LogP contribution in [0.4, 0.5) is 4.39 Å². The lowest BCUT2D eigenvalue weighted by atomic mass is 10.1. The van der Waals surface area contributed by atoms with Crippen LogP contribution in [0.5, 0.6) is 11.5 Å². The molecule has 0 amide bonds. The van der Waals surface area contributed by atoms with Gasteiger partial charge < -0.3 is 14.2 Å². The third-order valence-corrected chi connectivity index (χ3v) is 6.89. The molecule has 0 bridgehead atoms. The standard InChI is InChI=1S/C25H18FI2NO4/c1-14-9-17(5-8-19(14)27)24-29-21(25(30)33-24)11-16-10-20(28)23(22(12-16)31-2)32-13-15-3-6-18(26)7-4-15/h3-12H,13H2,1-2H3/b21-11-. The van der Waals surface area contributed by atoms with Crippen LogP contribution in [-0.2, 0) is 16.1 Å². The Bertz CT molecular complexity index is 1290. The van der Waals surface area contributed by atoms with E-state index >= 15 is 0 Å². The van der Waals surface area contributed by atoms with Gasteiger partial charge in [0.2, 0.25) is 5.90 Å². The zero-order valence-electron chi connectivity index (χ0n) is 17.7. The highest BCUT2D eigenvalue weighted by Crippen LogP contribution is 2.35. The van der Waals surface area contributed by atoms with Crippen LogP contribution >= 0.6 is 45.2 Å². The molecule has 3 aromatic carbocycles. The van der Waals surface area contributed by atoms with Gasteiger partial charge in [-0.15, -0.1) is 0 Å². The molecule has 0 saturated heterocycles. The number of aryl methyl sites for hydroxylation is 1. The maximum absolute atomic E-state index is 13.1. The lowest BCUT2D eigenvalue weighted by Crippen LogP contribution is -2.05. The fourth-order valence-corrected chi connectivity index (χ4v) is 4.28. The first-order valence-corrected chi connectivity index (χ1v) is 12.0. The Hall–Kier alpha value is -2.47. The van der Waals surface area contributed by atoms with Crippen molar-refractivity contribution in [2.75, 3.05) is 7.11 Å². The van der Waals surface area contributed by atoms with Crippen LogP contribution in [0.25, 0.3) is 6.08 Å². The fourth-order valence-electron chi connectivity index (χ4n) is 3.17. The lowest BCUT2D eigenvalue weighted by molar-refractivity contribution is -0.129. The number of ether oxygens (including phenoxy) is 3. The van der Waals surface area contributed by atoms with E-state index in [0.29, 0.717) is 11.5 Å². The minimum Gasteiger partial charge on any atom is -0.493 e. The van der Waals surface area contributed by atoms with Crippen molar-refractivity contribution in [2.45, 2.75) is 13.5 Å². The number of esters is 1. The van der Waals surface area contributed by atoms with Crippen molar-refractivity contribution >= 4 is 63.1 Å². The molecule has 3 aromatic rings. The summed E-state index contributed by atoms with van der Waals surface area (Å²) in [5.41, 5.74) is 3.60. The summed E-state index contributed by atoms with van der Waals surface area (Å²) in [4.78, 5) is 16.8. The van der Waals surface area contributed by atoms with Gasteiger partial charge in [-0.2, -0.15) is 0 Å². The molecule has 0 fully saturated rings. The summed E-state index contributed by atoms with van der Waals surface area (Å²) in [6.07, 6.45) is 1.66. The van der Waals surface area contributed by atoms with Gasteiger partial charge in [-0.3, -0.25) is 0 Å². The number of methoxy groups -OCH3 is 1. The van der Waals surface area contributed by atoms with Crippen LogP contribution in [0, 0.1) is 19.9 Å². The maximum Gasteiger partial charge on any atom is 0.363 e. The molecule has 0 unspecified atom stereocenters. The number of carbonyl (C=O) groups excluding carboxylic acids is 1. The average Bonchev–Trinajstić information content (AvgIpc) is 3.15. The highest BCUT2D eigenvalue weighted by atomic mass is 127. The van der Waals surface area contributed by atoms with Gasteiger partial charge in [-0.25, -0.2) is 14.2 Å². The molecule has 0 saturated carbocycles. The largest absolute Gasteiger partial charge is 0.493 e. The summed E-state index contributed by atoms with van der Waals surface area (Å²) in [5.74, 6) is 0.562. The molecule has 0 aromatic heterocycles. The summed E-state index contributed by atoms with van der Waals surface area (Å²) in [5, 5.41) is 0. The van der Waals surface area contributed by atoms with Crippen molar-refractivity contribution < 1.29 is 23.4 Å². The van der Waals surface area contributed by atoms with Crippen LogP contribution in [0.3, 0.4) is 0 Å².